The maximum absolute atomic E-state index is 12.5. The van der Waals surface area contributed by atoms with E-state index in [0.29, 0.717) is 11.6 Å². The maximum Gasteiger partial charge on any atom is 0.254 e. The first kappa shape index (κ1) is 12.9. The first-order valence-electron chi connectivity index (χ1n) is 6.77. The molecule has 2 N–H and O–H groups in total. The van der Waals surface area contributed by atoms with Gasteiger partial charge in [-0.15, -0.1) is 0 Å². The van der Waals surface area contributed by atoms with Gasteiger partial charge in [-0.05, 0) is 43.4 Å². The summed E-state index contributed by atoms with van der Waals surface area (Å²) in [5.41, 5.74) is 8.20. The minimum Gasteiger partial charge on any atom is -0.399 e. The molecule has 98 valence electrons. The molecule has 1 atom stereocenters. The zero-order chi connectivity index (χ0) is 13.1. The van der Waals surface area contributed by atoms with Crippen molar-refractivity contribution in [3.8, 4) is 0 Å². The first-order valence-corrected chi connectivity index (χ1v) is 6.77. The number of hydrogen-bond acceptors (Lipinski definition) is 2. The molecule has 0 aromatic heterocycles. The number of nitrogen functional groups attached to an aromatic ring is 1. The quantitative estimate of drug-likeness (QED) is 0.816. The number of aryl methyl sites for hydroxylation is 1. The molecule has 0 aliphatic carbocycles. The lowest BCUT2D eigenvalue weighted by Crippen LogP contribution is -2.40. The molecule has 1 unspecified atom stereocenters. The van der Waals surface area contributed by atoms with E-state index in [1.165, 1.54) is 6.42 Å². The summed E-state index contributed by atoms with van der Waals surface area (Å²) in [6.45, 7) is 5.94. The summed E-state index contributed by atoms with van der Waals surface area (Å²) >= 11 is 0. The molecular weight excluding hydrogens is 224 g/mol. The van der Waals surface area contributed by atoms with Crippen molar-refractivity contribution in [2.24, 2.45) is 5.92 Å². The predicted molar refractivity (Wildman–Crippen MR) is 74.5 cm³/mol. The van der Waals surface area contributed by atoms with E-state index in [0.717, 1.165) is 37.1 Å². The Labute approximate surface area is 109 Å². The van der Waals surface area contributed by atoms with Gasteiger partial charge >= 0.3 is 0 Å². The van der Waals surface area contributed by atoms with Crippen LogP contribution in [0.4, 0.5) is 5.69 Å². The van der Waals surface area contributed by atoms with Crippen LogP contribution >= 0.6 is 0 Å². The third kappa shape index (κ3) is 2.66. The average Bonchev–Trinajstić information content (AvgIpc) is 2.41. The van der Waals surface area contributed by atoms with Crippen molar-refractivity contribution < 1.29 is 4.79 Å². The molecule has 1 saturated heterocycles. The second-order valence-electron chi connectivity index (χ2n) is 5.24. The van der Waals surface area contributed by atoms with E-state index in [4.69, 9.17) is 5.73 Å². The minimum absolute atomic E-state index is 0.137. The number of nitrogens with zero attached hydrogens (tertiary/aromatic N) is 1. The summed E-state index contributed by atoms with van der Waals surface area (Å²) in [6.07, 6.45) is 3.52. The van der Waals surface area contributed by atoms with Crippen LogP contribution in [0.5, 0.6) is 0 Å². The lowest BCUT2D eigenvalue weighted by atomic mass is 9.94. The molecule has 0 saturated carbocycles. The summed E-state index contributed by atoms with van der Waals surface area (Å²) in [5.74, 6) is 0.794. The number of likely N-dealkylation sites (tertiary alicyclic amines) is 1. The zero-order valence-corrected chi connectivity index (χ0v) is 11.3. The Balaban J connectivity index is 2.17. The highest BCUT2D eigenvalue weighted by molar-refractivity contribution is 5.96. The number of rotatable bonds is 2. The Morgan fingerprint density at radius 3 is 3.00 bits per heavy atom. The van der Waals surface area contributed by atoms with Crippen molar-refractivity contribution in [1.82, 2.24) is 4.90 Å². The molecule has 18 heavy (non-hydrogen) atoms. The highest BCUT2D eigenvalue weighted by Gasteiger charge is 2.24. The lowest BCUT2D eigenvalue weighted by molar-refractivity contribution is 0.0670. The standard InChI is InChI=1S/C15H22N2O/c1-3-12-5-4-8-17(10-12)15(18)14-9-13(16)7-6-11(14)2/h6-7,9,12H,3-5,8,10,16H2,1-2H3. The largest absolute Gasteiger partial charge is 0.399 e. The highest BCUT2D eigenvalue weighted by Crippen LogP contribution is 2.22. The summed E-state index contributed by atoms with van der Waals surface area (Å²) in [6, 6.07) is 5.56. The van der Waals surface area contributed by atoms with Gasteiger partial charge in [0.15, 0.2) is 0 Å². The van der Waals surface area contributed by atoms with E-state index in [9.17, 15) is 4.79 Å². The van der Waals surface area contributed by atoms with Crippen molar-refractivity contribution in [3.63, 3.8) is 0 Å². The molecule has 3 nitrogen and oxygen atoms in total. The smallest absolute Gasteiger partial charge is 0.254 e. The van der Waals surface area contributed by atoms with Crippen LogP contribution in [-0.4, -0.2) is 23.9 Å². The van der Waals surface area contributed by atoms with Crippen molar-refractivity contribution >= 4 is 11.6 Å². The van der Waals surface area contributed by atoms with Crippen LogP contribution in [0.15, 0.2) is 18.2 Å². The lowest BCUT2D eigenvalue weighted by Gasteiger charge is -2.32. The number of benzene rings is 1. The van der Waals surface area contributed by atoms with Crippen molar-refractivity contribution in [1.29, 1.82) is 0 Å². The Kier molecular flexibility index (Phi) is 3.90. The van der Waals surface area contributed by atoms with Gasteiger partial charge in [0, 0.05) is 24.3 Å². The topological polar surface area (TPSA) is 46.3 Å². The normalized spacial score (nSPS) is 19.9. The average molecular weight is 246 g/mol. The van der Waals surface area contributed by atoms with Gasteiger partial charge in [-0.1, -0.05) is 19.4 Å². The molecule has 1 fully saturated rings. The van der Waals surface area contributed by atoms with Gasteiger partial charge < -0.3 is 10.6 Å². The first-order chi connectivity index (χ1) is 8.61. The van der Waals surface area contributed by atoms with Crippen molar-refractivity contribution in [2.45, 2.75) is 33.1 Å². The predicted octanol–water partition coefficient (Wildman–Crippen LogP) is 2.84. The molecule has 0 radical (unpaired) electrons. The van der Waals surface area contributed by atoms with Gasteiger partial charge in [-0.2, -0.15) is 0 Å². The van der Waals surface area contributed by atoms with Gasteiger partial charge in [-0.25, -0.2) is 0 Å². The van der Waals surface area contributed by atoms with Crippen molar-refractivity contribution in [2.75, 3.05) is 18.8 Å². The zero-order valence-electron chi connectivity index (χ0n) is 11.3. The van der Waals surface area contributed by atoms with E-state index in [1.807, 2.05) is 24.0 Å². The molecule has 1 aliphatic rings. The number of hydrogen-bond donors (Lipinski definition) is 1. The van der Waals surface area contributed by atoms with Crippen LogP contribution in [0, 0.1) is 12.8 Å². The number of amides is 1. The Hall–Kier alpha value is -1.51. The van der Waals surface area contributed by atoms with Gasteiger partial charge in [0.05, 0.1) is 0 Å². The fourth-order valence-electron chi connectivity index (χ4n) is 2.62. The van der Waals surface area contributed by atoms with Crippen LogP contribution in [0.25, 0.3) is 0 Å². The number of carbonyl (C=O) groups excluding carboxylic acids is 1. The van der Waals surface area contributed by atoms with E-state index >= 15 is 0 Å². The van der Waals surface area contributed by atoms with Gasteiger partial charge in [0.1, 0.15) is 0 Å². The molecule has 2 rings (SSSR count). The third-order valence-corrected chi connectivity index (χ3v) is 3.88. The van der Waals surface area contributed by atoms with Gasteiger partial charge in [-0.3, -0.25) is 4.79 Å². The molecule has 3 heteroatoms. The van der Waals surface area contributed by atoms with Crippen molar-refractivity contribution in [3.05, 3.63) is 29.3 Å². The fourth-order valence-corrected chi connectivity index (χ4v) is 2.62. The van der Waals surface area contributed by atoms with Gasteiger partial charge in [0.25, 0.3) is 5.91 Å². The number of anilines is 1. The molecule has 0 bridgehead atoms. The highest BCUT2D eigenvalue weighted by atomic mass is 16.2. The summed E-state index contributed by atoms with van der Waals surface area (Å²) in [7, 11) is 0. The number of nitrogens with two attached hydrogens (primary N) is 1. The summed E-state index contributed by atoms with van der Waals surface area (Å²) in [4.78, 5) is 14.5. The molecule has 1 aliphatic heterocycles. The Morgan fingerprint density at radius 1 is 1.50 bits per heavy atom. The fraction of sp³-hybridized carbons (Fsp3) is 0.533. The molecule has 1 amide bonds. The summed E-state index contributed by atoms with van der Waals surface area (Å²) in [5, 5.41) is 0. The van der Waals surface area contributed by atoms with Crippen LogP contribution in [-0.2, 0) is 0 Å². The van der Waals surface area contributed by atoms with Crippen LogP contribution in [0.3, 0.4) is 0 Å². The molecule has 1 aromatic carbocycles. The molecular formula is C15H22N2O. The van der Waals surface area contributed by atoms with E-state index in [2.05, 4.69) is 6.92 Å². The van der Waals surface area contributed by atoms with Crippen LogP contribution < -0.4 is 5.73 Å². The van der Waals surface area contributed by atoms with Gasteiger partial charge in [0.2, 0.25) is 0 Å². The SMILES string of the molecule is CCC1CCCN(C(=O)c2cc(N)ccc2C)C1. The number of carbonyl (C=O) groups is 1. The molecule has 1 heterocycles. The van der Waals surface area contributed by atoms with E-state index < -0.39 is 0 Å². The van der Waals surface area contributed by atoms with Crippen LogP contribution in [0.2, 0.25) is 0 Å². The van der Waals surface area contributed by atoms with E-state index in [1.54, 1.807) is 6.07 Å². The maximum atomic E-state index is 12.5. The number of piperidine rings is 1. The second-order valence-corrected chi connectivity index (χ2v) is 5.24. The Morgan fingerprint density at radius 2 is 2.28 bits per heavy atom. The third-order valence-electron chi connectivity index (χ3n) is 3.88. The Bertz CT molecular complexity index is 442. The minimum atomic E-state index is 0.137. The second kappa shape index (κ2) is 5.42. The summed E-state index contributed by atoms with van der Waals surface area (Å²) < 4.78 is 0. The van der Waals surface area contributed by atoms with Crippen LogP contribution in [0.1, 0.15) is 42.1 Å². The molecule has 0 spiro atoms. The van der Waals surface area contributed by atoms with E-state index in [-0.39, 0.29) is 5.91 Å². The monoisotopic (exact) mass is 246 g/mol. The molecule has 1 aromatic rings.